The van der Waals surface area contributed by atoms with Gasteiger partial charge in [-0.25, -0.2) is 4.79 Å². The summed E-state index contributed by atoms with van der Waals surface area (Å²) in [6, 6.07) is 7.00. The average molecular weight is 428 g/mol. The van der Waals surface area contributed by atoms with E-state index in [0.717, 1.165) is 31.2 Å². The van der Waals surface area contributed by atoms with E-state index in [1.54, 1.807) is 19.1 Å². The van der Waals surface area contributed by atoms with Crippen LogP contribution in [0.1, 0.15) is 38.0 Å². The van der Waals surface area contributed by atoms with Crippen LogP contribution in [0.5, 0.6) is 5.75 Å². The van der Waals surface area contributed by atoms with Gasteiger partial charge >= 0.3 is 6.03 Å². The van der Waals surface area contributed by atoms with Crippen LogP contribution in [0.4, 0.5) is 4.79 Å². The Morgan fingerprint density at radius 1 is 1.16 bits per heavy atom. The van der Waals surface area contributed by atoms with Gasteiger partial charge in [-0.3, -0.25) is 9.69 Å². The van der Waals surface area contributed by atoms with Crippen molar-refractivity contribution in [2.75, 3.05) is 27.4 Å². The monoisotopic (exact) mass is 428 g/mol. The predicted octanol–water partition coefficient (Wildman–Crippen LogP) is 3.10. The van der Waals surface area contributed by atoms with Gasteiger partial charge in [0, 0.05) is 26.3 Å². The fraction of sp³-hybridized carbons (Fsp3) is 0.545. The quantitative estimate of drug-likeness (QED) is 0.596. The van der Waals surface area contributed by atoms with Gasteiger partial charge in [0.2, 0.25) is 17.6 Å². The molecule has 2 atom stereocenters. The lowest BCUT2D eigenvalue weighted by atomic mass is 9.81. The predicted molar refractivity (Wildman–Crippen MR) is 111 cm³/mol. The molecular formula is C22H28N4O5. The molecular weight excluding hydrogens is 400 g/mol. The summed E-state index contributed by atoms with van der Waals surface area (Å²) >= 11 is 0. The Labute approximate surface area is 181 Å². The first-order valence-corrected chi connectivity index (χ1v) is 10.7. The summed E-state index contributed by atoms with van der Waals surface area (Å²) in [6.45, 7) is 1.02. The molecule has 1 aliphatic heterocycles. The number of benzene rings is 1. The Morgan fingerprint density at radius 2 is 1.97 bits per heavy atom. The minimum absolute atomic E-state index is 0.0673. The number of nitrogens with zero attached hydrogens (tertiary/aromatic N) is 4. The largest absolute Gasteiger partial charge is 0.496 e. The number of carbonyl (C=O) groups excluding carboxylic acids is 2. The molecule has 0 radical (unpaired) electrons. The number of fused-ring (bicyclic) bond motifs is 1. The molecule has 2 aliphatic rings. The zero-order valence-corrected chi connectivity index (χ0v) is 18.0. The number of carbonyl (C=O) groups is 2. The maximum absolute atomic E-state index is 13.2. The Hall–Kier alpha value is -2.94. The summed E-state index contributed by atoms with van der Waals surface area (Å²) in [5, 5.41) is 4.08. The van der Waals surface area contributed by atoms with Crippen molar-refractivity contribution >= 4 is 11.9 Å². The van der Waals surface area contributed by atoms with Gasteiger partial charge in [-0.15, -0.1) is 0 Å². The average Bonchev–Trinajstić information content (AvgIpc) is 3.27. The molecule has 2 unspecified atom stereocenters. The number of urea groups is 1. The lowest BCUT2D eigenvalue weighted by Gasteiger charge is -2.46. The van der Waals surface area contributed by atoms with E-state index in [0.29, 0.717) is 37.0 Å². The first-order valence-electron chi connectivity index (χ1n) is 10.7. The van der Waals surface area contributed by atoms with Crippen molar-refractivity contribution in [3.63, 3.8) is 0 Å². The van der Waals surface area contributed by atoms with E-state index in [1.165, 1.54) is 4.90 Å². The standard InChI is InChI=1S/C22H28N4O5/c1-29-13-7-12-25-21(27)15-8-3-5-10-17(15)26(22(25)28)14-19-23-20(24-31-19)16-9-4-6-11-18(16)30-2/h4,6,9,11,15,17H,3,5,7-8,10,12-14H2,1-2H3. The Morgan fingerprint density at radius 3 is 2.77 bits per heavy atom. The number of para-hydroxylation sites is 1. The maximum atomic E-state index is 13.2. The molecule has 1 saturated heterocycles. The van der Waals surface area contributed by atoms with E-state index in [-0.39, 0.29) is 30.4 Å². The van der Waals surface area contributed by atoms with Crippen LogP contribution in [0, 0.1) is 5.92 Å². The third-order valence-electron chi connectivity index (χ3n) is 6.04. The number of aromatic nitrogens is 2. The molecule has 0 spiro atoms. The van der Waals surface area contributed by atoms with Gasteiger partial charge in [-0.05, 0) is 31.4 Å². The molecule has 2 fully saturated rings. The first-order chi connectivity index (χ1) is 15.1. The van der Waals surface area contributed by atoms with Crippen LogP contribution in [0.15, 0.2) is 28.8 Å². The van der Waals surface area contributed by atoms with Crippen LogP contribution < -0.4 is 4.74 Å². The van der Waals surface area contributed by atoms with Gasteiger partial charge in [0.15, 0.2) is 0 Å². The van der Waals surface area contributed by atoms with Crippen LogP contribution in [-0.2, 0) is 16.1 Å². The number of imide groups is 1. The van der Waals surface area contributed by atoms with Crippen LogP contribution in [0.25, 0.3) is 11.4 Å². The van der Waals surface area contributed by atoms with Crippen molar-refractivity contribution in [3.8, 4) is 17.1 Å². The highest BCUT2D eigenvalue weighted by Gasteiger charge is 2.47. The highest BCUT2D eigenvalue weighted by atomic mass is 16.5. The SMILES string of the molecule is COCCCN1C(=O)C2CCCCC2N(Cc2nc(-c3ccccc3OC)no2)C1=O. The van der Waals surface area contributed by atoms with E-state index in [1.807, 2.05) is 24.3 Å². The number of hydrogen-bond acceptors (Lipinski definition) is 7. The van der Waals surface area contributed by atoms with Gasteiger partial charge in [0.1, 0.15) is 12.3 Å². The summed E-state index contributed by atoms with van der Waals surface area (Å²) in [5.74, 6) is 1.15. The molecule has 0 N–H and O–H groups in total. The second-order valence-corrected chi connectivity index (χ2v) is 7.92. The maximum Gasteiger partial charge on any atom is 0.327 e. The van der Waals surface area contributed by atoms with E-state index in [4.69, 9.17) is 14.0 Å². The van der Waals surface area contributed by atoms with Gasteiger partial charge < -0.3 is 18.9 Å². The molecule has 9 nitrogen and oxygen atoms in total. The minimum atomic E-state index is -0.290. The molecule has 1 aromatic heterocycles. The lowest BCUT2D eigenvalue weighted by Crippen LogP contribution is -2.62. The third-order valence-corrected chi connectivity index (χ3v) is 6.04. The fourth-order valence-corrected chi connectivity index (χ4v) is 4.53. The Kier molecular flexibility index (Phi) is 6.50. The highest BCUT2D eigenvalue weighted by molar-refractivity contribution is 5.98. The smallest absolute Gasteiger partial charge is 0.327 e. The minimum Gasteiger partial charge on any atom is -0.496 e. The number of ether oxygens (including phenoxy) is 2. The Balaban J connectivity index is 1.56. The molecule has 2 heterocycles. The fourth-order valence-electron chi connectivity index (χ4n) is 4.53. The summed E-state index contributed by atoms with van der Waals surface area (Å²) in [5.41, 5.74) is 0.719. The molecule has 2 aromatic rings. The summed E-state index contributed by atoms with van der Waals surface area (Å²) in [4.78, 5) is 33.8. The van der Waals surface area contributed by atoms with Crippen molar-refractivity contribution in [1.82, 2.24) is 19.9 Å². The molecule has 31 heavy (non-hydrogen) atoms. The van der Waals surface area contributed by atoms with Crippen LogP contribution in [-0.4, -0.2) is 65.3 Å². The zero-order chi connectivity index (χ0) is 21.8. The molecule has 1 saturated carbocycles. The number of methoxy groups -OCH3 is 2. The van der Waals surface area contributed by atoms with Crippen molar-refractivity contribution in [2.24, 2.45) is 5.92 Å². The van der Waals surface area contributed by atoms with Gasteiger partial charge in [0.05, 0.1) is 18.6 Å². The van der Waals surface area contributed by atoms with E-state index < -0.39 is 0 Å². The van der Waals surface area contributed by atoms with Gasteiger partial charge in [0.25, 0.3) is 0 Å². The lowest BCUT2D eigenvalue weighted by molar-refractivity contribution is -0.141. The molecule has 0 bridgehead atoms. The molecule has 1 aliphatic carbocycles. The summed E-state index contributed by atoms with van der Waals surface area (Å²) in [7, 11) is 3.20. The summed E-state index contributed by atoms with van der Waals surface area (Å²) in [6.07, 6.45) is 4.21. The van der Waals surface area contributed by atoms with Crippen molar-refractivity contribution in [2.45, 2.75) is 44.7 Å². The first kappa shape index (κ1) is 21.3. The number of rotatable bonds is 8. The number of amides is 3. The van der Waals surface area contributed by atoms with Gasteiger partial charge in [-0.2, -0.15) is 4.98 Å². The van der Waals surface area contributed by atoms with Crippen molar-refractivity contribution in [1.29, 1.82) is 0 Å². The van der Waals surface area contributed by atoms with Crippen molar-refractivity contribution < 1.29 is 23.6 Å². The molecule has 166 valence electrons. The normalized spacial score (nSPS) is 21.4. The van der Waals surface area contributed by atoms with E-state index in [9.17, 15) is 9.59 Å². The van der Waals surface area contributed by atoms with Crippen molar-refractivity contribution in [3.05, 3.63) is 30.2 Å². The molecule has 4 rings (SSSR count). The van der Waals surface area contributed by atoms with E-state index in [2.05, 4.69) is 10.1 Å². The molecule has 3 amide bonds. The Bertz CT molecular complexity index is 930. The van der Waals surface area contributed by atoms with Crippen LogP contribution in [0.3, 0.4) is 0 Å². The highest BCUT2D eigenvalue weighted by Crippen LogP contribution is 2.35. The van der Waals surface area contributed by atoms with Crippen LogP contribution >= 0.6 is 0 Å². The molecule has 9 heteroatoms. The van der Waals surface area contributed by atoms with Crippen LogP contribution in [0.2, 0.25) is 0 Å². The van der Waals surface area contributed by atoms with E-state index >= 15 is 0 Å². The second-order valence-electron chi connectivity index (χ2n) is 7.92. The number of hydrogen-bond donors (Lipinski definition) is 0. The summed E-state index contributed by atoms with van der Waals surface area (Å²) < 4.78 is 15.9. The second kappa shape index (κ2) is 9.47. The topological polar surface area (TPSA) is 98.0 Å². The third kappa shape index (κ3) is 4.27. The zero-order valence-electron chi connectivity index (χ0n) is 18.0. The molecule has 1 aromatic carbocycles. The van der Waals surface area contributed by atoms with Gasteiger partial charge in [-0.1, -0.05) is 30.1 Å².